The molecule has 1 heterocycles. The van der Waals surface area contributed by atoms with Gasteiger partial charge in [0.05, 0.1) is 5.75 Å². The van der Waals surface area contributed by atoms with E-state index in [1.54, 1.807) is 0 Å². The summed E-state index contributed by atoms with van der Waals surface area (Å²) in [6, 6.07) is 6.56. The van der Waals surface area contributed by atoms with Crippen LogP contribution in [0.1, 0.15) is 69.3 Å². The first-order valence-electron chi connectivity index (χ1n) is 11.1. The molecule has 0 bridgehead atoms. The highest BCUT2D eigenvalue weighted by atomic mass is 32.2. The molecule has 0 radical (unpaired) electrons. The zero-order valence-corrected chi connectivity index (χ0v) is 20.1. The number of rotatable bonds is 8. The minimum absolute atomic E-state index is 0.103. The van der Waals surface area contributed by atoms with Crippen LogP contribution in [-0.2, 0) is 11.4 Å². The fourth-order valence-corrected chi connectivity index (χ4v) is 4.75. The Balaban J connectivity index is 1.56. The number of nitrogens with zero attached hydrogens (tertiary/aromatic N) is 4. The molecule has 2 N–H and O–H groups in total. The molecular formula is C23H35N5O2S. The first kappa shape index (κ1) is 23.4. The van der Waals surface area contributed by atoms with Crippen molar-refractivity contribution < 1.29 is 9.53 Å². The maximum Gasteiger partial charge on any atom is 0.233 e. The van der Waals surface area contributed by atoms with E-state index in [0.29, 0.717) is 28.7 Å². The van der Waals surface area contributed by atoms with E-state index in [-0.39, 0.29) is 12.5 Å². The molecule has 3 rings (SSSR count). The number of thioether (sulfide) groups is 1. The van der Waals surface area contributed by atoms with Crippen LogP contribution in [0.4, 0.5) is 0 Å². The van der Waals surface area contributed by atoms with Crippen LogP contribution >= 0.6 is 11.8 Å². The van der Waals surface area contributed by atoms with Crippen LogP contribution in [0.3, 0.4) is 0 Å². The van der Waals surface area contributed by atoms with E-state index in [1.807, 2.05) is 24.9 Å². The van der Waals surface area contributed by atoms with Crippen molar-refractivity contribution in [3.63, 3.8) is 0 Å². The van der Waals surface area contributed by atoms with E-state index in [1.165, 1.54) is 29.3 Å². The van der Waals surface area contributed by atoms with Gasteiger partial charge in [-0.1, -0.05) is 44.7 Å². The van der Waals surface area contributed by atoms with Crippen LogP contribution < -0.4 is 10.6 Å². The molecule has 1 saturated carbocycles. The molecule has 1 fully saturated rings. The van der Waals surface area contributed by atoms with Gasteiger partial charge in [0.2, 0.25) is 11.1 Å². The van der Waals surface area contributed by atoms with Crippen LogP contribution in [0.5, 0.6) is 5.75 Å². The Hall–Kier alpha value is -2.22. The normalized spacial score (nSPS) is 18.9. The number of hydrogen-bond acceptors (Lipinski definition) is 6. The lowest BCUT2D eigenvalue weighted by Crippen LogP contribution is -2.40. The second-order valence-corrected chi connectivity index (χ2v) is 9.90. The first-order chi connectivity index (χ1) is 14.8. The van der Waals surface area contributed by atoms with Crippen LogP contribution in [0.15, 0.2) is 23.4 Å². The van der Waals surface area contributed by atoms with Crippen LogP contribution in [0, 0.1) is 12.8 Å². The largest absolute Gasteiger partial charge is 0.485 e. The molecular weight excluding hydrogens is 410 g/mol. The number of amides is 1. The maximum absolute atomic E-state index is 12.6. The van der Waals surface area contributed by atoms with E-state index in [2.05, 4.69) is 43.1 Å². The summed E-state index contributed by atoms with van der Waals surface area (Å²) < 4.78 is 7.45. The molecule has 1 aromatic heterocycles. The standard InChI is InChI=1S/C23H35N5O2S/c1-15(2)19-11-8-17(4)12-20(19)30-13-21-25-26-23(28(21)24)31-14-22(29)27(5)18-9-6-16(3)7-10-18/h8,11-12,15-16,18H,6-7,9-10,13-14,24H2,1-5H3. The summed E-state index contributed by atoms with van der Waals surface area (Å²) >= 11 is 1.32. The van der Waals surface area contributed by atoms with E-state index >= 15 is 0 Å². The lowest BCUT2D eigenvalue weighted by Gasteiger charge is -2.33. The van der Waals surface area contributed by atoms with Crippen molar-refractivity contribution >= 4 is 17.7 Å². The van der Waals surface area contributed by atoms with Crippen LogP contribution in [0.2, 0.25) is 0 Å². The van der Waals surface area contributed by atoms with Gasteiger partial charge >= 0.3 is 0 Å². The lowest BCUT2D eigenvalue weighted by atomic mass is 9.87. The number of ether oxygens (including phenoxy) is 1. The van der Waals surface area contributed by atoms with Gasteiger partial charge in [-0.3, -0.25) is 4.79 Å². The predicted octanol–water partition coefficient (Wildman–Crippen LogP) is 4.13. The number of carbonyl (C=O) groups excluding carboxylic acids is 1. The molecule has 31 heavy (non-hydrogen) atoms. The number of carbonyl (C=O) groups is 1. The van der Waals surface area contributed by atoms with Gasteiger partial charge in [-0.2, -0.15) is 0 Å². The highest BCUT2D eigenvalue weighted by Gasteiger charge is 2.25. The topological polar surface area (TPSA) is 86.3 Å². The molecule has 0 atom stereocenters. The van der Waals surface area contributed by atoms with Crippen molar-refractivity contribution in [2.24, 2.45) is 5.92 Å². The van der Waals surface area contributed by atoms with Gasteiger partial charge < -0.3 is 15.5 Å². The number of hydrogen-bond donors (Lipinski definition) is 1. The molecule has 1 aliphatic carbocycles. The smallest absolute Gasteiger partial charge is 0.233 e. The quantitative estimate of drug-likeness (QED) is 0.486. The summed E-state index contributed by atoms with van der Waals surface area (Å²) in [4.78, 5) is 14.5. The third-order valence-electron chi connectivity index (χ3n) is 6.13. The van der Waals surface area contributed by atoms with Crippen LogP contribution in [-0.4, -0.2) is 44.5 Å². The molecule has 2 aromatic rings. The SMILES string of the molecule is Cc1ccc(C(C)C)c(OCc2nnc(SCC(=O)N(C)C3CCC(C)CC3)n2N)c1. The molecule has 0 unspecified atom stereocenters. The van der Waals surface area contributed by atoms with Crippen LogP contribution in [0.25, 0.3) is 0 Å². The maximum atomic E-state index is 12.6. The first-order valence-corrected chi connectivity index (χ1v) is 12.1. The second kappa shape index (κ2) is 10.4. The Kier molecular flexibility index (Phi) is 7.86. The zero-order chi connectivity index (χ0) is 22.5. The molecule has 170 valence electrons. The third kappa shape index (κ3) is 5.93. The second-order valence-electron chi connectivity index (χ2n) is 8.96. The molecule has 0 aliphatic heterocycles. The Labute approximate surface area is 189 Å². The summed E-state index contributed by atoms with van der Waals surface area (Å²) in [7, 11) is 1.91. The van der Waals surface area contributed by atoms with E-state index < -0.39 is 0 Å². The minimum Gasteiger partial charge on any atom is -0.485 e. The number of nitrogen functional groups attached to an aromatic ring is 1. The monoisotopic (exact) mass is 445 g/mol. The van der Waals surface area contributed by atoms with Gasteiger partial charge in [-0.15, -0.1) is 10.2 Å². The fourth-order valence-electron chi connectivity index (χ4n) is 3.95. The molecule has 1 aromatic carbocycles. The van der Waals surface area contributed by atoms with Crippen molar-refractivity contribution in [2.45, 2.75) is 77.1 Å². The molecule has 1 aliphatic rings. The zero-order valence-electron chi connectivity index (χ0n) is 19.3. The van der Waals surface area contributed by atoms with E-state index in [9.17, 15) is 4.79 Å². The molecule has 7 nitrogen and oxygen atoms in total. The Bertz CT molecular complexity index is 890. The van der Waals surface area contributed by atoms with Crippen molar-refractivity contribution in [3.8, 4) is 5.75 Å². The summed E-state index contributed by atoms with van der Waals surface area (Å²) in [5.74, 6) is 9.07. The Morgan fingerprint density at radius 1 is 1.29 bits per heavy atom. The summed E-state index contributed by atoms with van der Waals surface area (Å²) in [6.45, 7) is 8.82. The minimum atomic E-state index is 0.103. The number of aryl methyl sites for hydroxylation is 1. The highest BCUT2D eigenvalue weighted by molar-refractivity contribution is 7.99. The molecule has 0 spiro atoms. The summed E-state index contributed by atoms with van der Waals surface area (Å²) in [5, 5.41) is 8.84. The highest BCUT2D eigenvalue weighted by Crippen LogP contribution is 2.29. The molecule has 1 amide bonds. The number of aromatic nitrogens is 3. The predicted molar refractivity (Wildman–Crippen MR) is 125 cm³/mol. The van der Waals surface area contributed by atoms with Gasteiger partial charge in [-0.25, -0.2) is 4.68 Å². The summed E-state index contributed by atoms with van der Waals surface area (Å²) in [6.07, 6.45) is 4.55. The van der Waals surface area contributed by atoms with E-state index in [4.69, 9.17) is 10.6 Å². The van der Waals surface area contributed by atoms with Gasteiger partial charge in [0.15, 0.2) is 5.82 Å². The van der Waals surface area contributed by atoms with Gasteiger partial charge in [0.25, 0.3) is 0 Å². The average Bonchev–Trinajstić information content (AvgIpc) is 3.09. The Morgan fingerprint density at radius 3 is 2.68 bits per heavy atom. The van der Waals surface area contributed by atoms with Gasteiger partial charge in [0.1, 0.15) is 12.4 Å². The molecule has 8 heteroatoms. The summed E-state index contributed by atoms with van der Waals surface area (Å²) in [5.41, 5.74) is 2.29. The third-order valence-corrected chi connectivity index (χ3v) is 7.06. The van der Waals surface area contributed by atoms with Crippen molar-refractivity contribution in [1.82, 2.24) is 19.8 Å². The number of benzene rings is 1. The van der Waals surface area contributed by atoms with E-state index in [0.717, 1.165) is 35.6 Å². The van der Waals surface area contributed by atoms with Crippen molar-refractivity contribution in [1.29, 1.82) is 0 Å². The van der Waals surface area contributed by atoms with Gasteiger partial charge in [-0.05, 0) is 61.6 Å². The fraction of sp³-hybridized carbons (Fsp3) is 0.609. The average molecular weight is 446 g/mol. The lowest BCUT2D eigenvalue weighted by molar-refractivity contribution is -0.129. The van der Waals surface area contributed by atoms with Crippen molar-refractivity contribution in [2.75, 3.05) is 18.6 Å². The Morgan fingerprint density at radius 2 is 2.00 bits per heavy atom. The number of nitrogens with two attached hydrogens (primary N) is 1. The molecule has 0 saturated heterocycles. The van der Waals surface area contributed by atoms with Gasteiger partial charge in [0, 0.05) is 13.1 Å². The van der Waals surface area contributed by atoms with Crippen molar-refractivity contribution in [3.05, 3.63) is 35.2 Å².